The van der Waals surface area contributed by atoms with Crippen molar-refractivity contribution in [2.45, 2.75) is 13.5 Å². The Labute approximate surface area is 113 Å². The van der Waals surface area contributed by atoms with E-state index in [0.717, 1.165) is 23.4 Å². The van der Waals surface area contributed by atoms with Crippen LogP contribution >= 0.6 is 11.6 Å². The summed E-state index contributed by atoms with van der Waals surface area (Å²) in [6.07, 6.45) is 0. The van der Waals surface area contributed by atoms with Crippen molar-refractivity contribution in [2.75, 3.05) is 7.05 Å². The average molecular weight is 262 g/mol. The van der Waals surface area contributed by atoms with E-state index in [9.17, 15) is 0 Å². The molecule has 0 saturated heterocycles. The molecule has 0 radical (unpaired) electrons. The number of hydrogen-bond donors (Lipinski definition) is 1. The van der Waals surface area contributed by atoms with Gasteiger partial charge in [-0.2, -0.15) is 0 Å². The Hall–Kier alpha value is -1.51. The second-order valence-electron chi connectivity index (χ2n) is 4.17. The summed E-state index contributed by atoms with van der Waals surface area (Å²) >= 11 is 6.13. The van der Waals surface area contributed by atoms with Crippen molar-refractivity contribution in [3.05, 3.63) is 58.6 Å². The number of para-hydroxylation sites is 1. The highest BCUT2D eigenvalue weighted by Crippen LogP contribution is 2.31. The van der Waals surface area contributed by atoms with E-state index in [0.29, 0.717) is 10.8 Å². The first-order valence-corrected chi connectivity index (χ1v) is 6.25. The molecule has 0 bridgehead atoms. The van der Waals surface area contributed by atoms with Gasteiger partial charge in [0.05, 0.1) is 5.02 Å². The standard InChI is InChI=1S/C15H16ClNO/c1-11-7-8-13(16)15(9-11)18-14-6-4-3-5-12(14)10-17-2/h3-9,17H,10H2,1-2H3. The van der Waals surface area contributed by atoms with E-state index in [4.69, 9.17) is 16.3 Å². The summed E-state index contributed by atoms with van der Waals surface area (Å²) in [6.45, 7) is 2.78. The van der Waals surface area contributed by atoms with Crippen molar-refractivity contribution in [3.8, 4) is 11.5 Å². The van der Waals surface area contributed by atoms with Crippen LogP contribution in [0, 0.1) is 6.92 Å². The molecule has 0 fully saturated rings. The summed E-state index contributed by atoms with van der Waals surface area (Å²) in [7, 11) is 1.91. The van der Waals surface area contributed by atoms with Crippen LogP contribution in [-0.2, 0) is 6.54 Å². The molecule has 0 atom stereocenters. The van der Waals surface area contributed by atoms with Crippen molar-refractivity contribution < 1.29 is 4.74 Å². The van der Waals surface area contributed by atoms with Crippen LogP contribution in [0.5, 0.6) is 11.5 Å². The molecule has 1 N–H and O–H groups in total. The Morgan fingerprint density at radius 3 is 2.67 bits per heavy atom. The third-order valence-electron chi connectivity index (χ3n) is 2.65. The molecular formula is C15H16ClNO. The highest BCUT2D eigenvalue weighted by atomic mass is 35.5. The molecule has 18 heavy (non-hydrogen) atoms. The smallest absolute Gasteiger partial charge is 0.146 e. The molecule has 2 aromatic carbocycles. The van der Waals surface area contributed by atoms with Crippen molar-refractivity contribution in [1.82, 2.24) is 5.32 Å². The first-order valence-electron chi connectivity index (χ1n) is 5.87. The minimum absolute atomic E-state index is 0.625. The third-order valence-corrected chi connectivity index (χ3v) is 2.96. The van der Waals surface area contributed by atoms with Gasteiger partial charge in [0.1, 0.15) is 11.5 Å². The van der Waals surface area contributed by atoms with E-state index < -0.39 is 0 Å². The van der Waals surface area contributed by atoms with Crippen LogP contribution in [-0.4, -0.2) is 7.05 Å². The summed E-state index contributed by atoms with van der Waals surface area (Å²) in [6, 6.07) is 13.7. The first kappa shape index (κ1) is 12.9. The molecule has 0 spiro atoms. The van der Waals surface area contributed by atoms with Gasteiger partial charge in [-0.05, 0) is 37.7 Å². The molecule has 0 aromatic heterocycles. The average Bonchev–Trinajstić information content (AvgIpc) is 2.36. The summed E-state index contributed by atoms with van der Waals surface area (Å²) in [5.41, 5.74) is 2.23. The molecule has 0 amide bonds. The predicted molar refractivity (Wildman–Crippen MR) is 75.5 cm³/mol. The third kappa shape index (κ3) is 3.03. The number of rotatable bonds is 4. The van der Waals surface area contributed by atoms with Gasteiger partial charge in [0.25, 0.3) is 0 Å². The number of nitrogens with one attached hydrogen (secondary N) is 1. The maximum absolute atomic E-state index is 6.13. The number of benzene rings is 2. The fraction of sp³-hybridized carbons (Fsp3) is 0.200. The van der Waals surface area contributed by atoms with Gasteiger partial charge < -0.3 is 10.1 Å². The Morgan fingerprint density at radius 2 is 1.89 bits per heavy atom. The van der Waals surface area contributed by atoms with Gasteiger partial charge in [0.2, 0.25) is 0 Å². The van der Waals surface area contributed by atoms with Crippen LogP contribution < -0.4 is 10.1 Å². The summed E-state index contributed by atoms with van der Waals surface area (Å²) in [4.78, 5) is 0. The highest BCUT2D eigenvalue weighted by molar-refractivity contribution is 6.32. The molecule has 2 aromatic rings. The minimum Gasteiger partial charge on any atom is -0.455 e. The molecule has 0 heterocycles. The second-order valence-corrected chi connectivity index (χ2v) is 4.58. The Kier molecular flexibility index (Phi) is 4.24. The molecule has 0 aliphatic rings. The van der Waals surface area contributed by atoms with Gasteiger partial charge >= 0.3 is 0 Å². The maximum Gasteiger partial charge on any atom is 0.146 e. The molecule has 0 aliphatic heterocycles. The fourth-order valence-corrected chi connectivity index (χ4v) is 1.90. The molecule has 0 unspecified atom stereocenters. The zero-order chi connectivity index (χ0) is 13.0. The van der Waals surface area contributed by atoms with Gasteiger partial charge in [-0.3, -0.25) is 0 Å². The van der Waals surface area contributed by atoms with Crippen molar-refractivity contribution in [3.63, 3.8) is 0 Å². The van der Waals surface area contributed by atoms with Crippen LogP contribution in [0.1, 0.15) is 11.1 Å². The quantitative estimate of drug-likeness (QED) is 0.892. The number of aryl methyl sites for hydroxylation is 1. The Bertz CT molecular complexity index is 540. The Balaban J connectivity index is 2.30. The molecule has 0 aliphatic carbocycles. The van der Waals surface area contributed by atoms with Crippen LogP contribution in [0.15, 0.2) is 42.5 Å². The molecular weight excluding hydrogens is 246 g/mol. The Morgan fingerprint density at radius 1 is 1.11 bits per heavy atom. The SMILES string of the molecule is CNCc1ccccc1Oc1cc(C)ccc1Cl. The number of hydrogen-bond acceptors (Lipinski definition) is 2. The molecule has 0 saturated carbocycles. The second kappa shape index (κ2) is 5.89. The lowest BCUT2D eigenvalue weighted by Crippen LogP contribution is -2.06. The van der Waals surface area contributed by atoms with E-state index >= 15 is 0 Å². The summed E-state index contributed by atoms with van der Waals surface area (Å²) in [5.74, 6) is 1.53. The van der Waals surface area contributed by atoms with Crippen LogP contribution in [0.3, 0.4) is 0 Å². The van der Waals surface area contributed by atoms with Gasteiger partial charge in [-0.1, -0.05) is 35.9 Å². The monoisotopic (exact) mass is 261 g/mol. The van der Waals surface area contributed by atoms with Gasteiger partial charge in [-0.25, -0.2) is 0 Å². The van der Waals surface area contributed by atoms with E-state index in [1.165, 1.54) is 0 Å². The lowest BCUT2D eigenvalue weighted by molar-refractivity contribution is 0.474. The van der Waals surface area contributed by atoms with Crippen LogP contribution in [0.4, 0.5) is 0 Å². The number of ether oxygens (including phenoxy) is 1. The minimum atomic E-state index is 0.625. The summed E-state index contributed by atoms with van der Waals surface area (Å²) < 4.78 is 5.90. The molecule has 3 heteroatoms. The lowest BCUT2D eigenvalue weighted by atomic mass is 10.2. The van der Waals surface area contributed by atoms with E-state index in [1.54, 1.807) is 0 Å². The molecule has 94 valence electrons. The van der Waals surface area contributed by atoms with Crippen LogP contribution in [0.2, 0.25) is 5.02 Å². The maximum atomic E-state index is 6.13. The van der Waals surface area contributed by atoms with Crippen molar-refractivity contribution in [1.29, 1.82) is 0 Å². The van der Waals surface area contributed by atoms with E-state index in [1.807, 2.05) is 56.4 Å². The largest absolute Gasteiger partial charge is 0.455 e. The normalized spacial score (nSPS) is 10.4. The predicted octanol–water partition coefficient (Wildman–Crippen LogP) is 4.16. The van der Waals surface area contributed by atoms with Crippen molar-refractivity contribution in [2.24, 2.45) is 0 Å². The van der Waals surface area contributed by atoms with E-state index in [2.05, 4.69) is 5.32 Å². The zero-order valence-electron chi connectivity index (χ0n) is 10.5. The van der Waals surface area contributed by atoms with Gasteiger partial charge in [0.15, 0.2) is 0 Å². The van der Waals surface area contributed by atoms with Gasteiger partial charge in [0, 0.05) is 12.1 Å². The lowest BCUT2D eigenvalue weighted by Gasteiger charge is -2.12. The summed E-state index contributed by atoms with van der Waals surface area (Å²) in [5, 5.41) is 3.75. The molecule has 2 nitrogen and oxygen atoms in total. The van der Waals surface area contributed by atoms with E-state index in [-0.39, 0.29) is 0 Å². The van der Waals surface area contributed by atoms with Gasteiger partial charge in [-0.15, -0.1) is 0 Å². The number of halogens is 1. The highest BCUT2D eigenvalue weighted by Gasteiger charge is 2.07. The van der Waals surface area contributed by atoms with Crippen LogP contribution in [0.25, 0.3) is 0 Å². The molecule has 2 rings (SSSR count). The topological polar surface area (TPSA) is 21.3 Å². The zero-order valence-corrected chi connectivity index (χ0v) is 11.3. The van der Waals surface area contributed by atoms with Crippen molar-refractivity contribution >= 4 is 11.6 Å². The fourth-order valence-electron chi connectivity index (χ4n) is 1.75. The first-order chi connectivity index (χ1) is 8.70.